The lowest BCUT2D eigenvalue weighted by Crippen LogP contribution is -2.34. The molecular weight excluding hydrogens is 1410 g/mol. The number of pyridine rings is 1. The Morgan fingerprint density at radius 3 is 1.08 bits per heavy atom. The summed E-state index contributed by atoms with van der Waals surface area (Å²) in [5, 5.41) is 18.6. The summed E-state index contributed by atoms with van der Waals surface area (Å²) in [6, 6.07) is 28.8. The molecule has 15 rings (SSSR count). The highest BCUT2D eigenvalue weighted by Crippen LogP contribution is 2.32. The van der Waals surface area contributed by atoms with E-state index in [4.69, 9.17) is 45.9 Å². The normalized spacial score (nSPS) is 12.2. The number of imidazole rings is 5. The molecule has 30 heteroatoms. The Labute approximate surface area is 651 Å². The van der Waals surface area contributed by atoms with Crippen molar-refractivity contribution in [2.45, 2.75) is 136 Å². The Hall–Kier alpha value is -12.8. The minimum absolute atomic E-state index is 0.143. The fourth-order valence-electron chi connectivity index (χ4n) is 12.7. The molecular formula is C82H104N30. The third kappa shape index (κ3) is 17.7. The predicted octanol–water partition coefficient (Wildman–Crippen LogP) is 12.2. The van der Waals surface area contributed by atoms with Gasteiger partial charge in [-0.3, -0.25) is 28.2 Å². The smallest absolute Gasteiger partial charge is 0.238 e. The van der Waals surface area contributed by atoms with E-state index in [0.29, 0.717) is 90.5 Å². The number of hydrogen-bond donors (Lipinski definition) is 11. The van der Waals surface area contributed by atoms with Crippen LogP contribution in [-0.2, 0) is 0 Å². The van der Waals surface area contributed by atoms with Gasteiger partial charge in [0.25, 0.3) is 0 Å². The Bertz CT molecular complexity index is 5450. The number of hydrogen-bond acceptors (Lipinski definition) is 25. The number of nitrogens with zero attached hydrogens (tertiary/aromatic N) is 19. The number of rotatable bonds is 17. The molecule has 19 N–H and O–H groups in total. The van der Waals surface area contributed by atoms with E-state index in [1.165, 1.54) is 55.6 Å². The van der Waals surface area contributed by atoms with Gasteiger partial charge in [0.2, 0.25) is 35.7 Å². The van der Waals surface area contributed by atoms with Crippen molar-refractivity contribution in [2.75, 3.05) is 64.3 Å². The van der Waals surface area contributed by atoms with Crippen LogP contribution in [0, 0.1) is 93.9 Å². The maximum absolute atomic E-state index is 6.18. The Balaban J connectivity index is 0.000000139. The second-order valence-electron chi connectivity index (χ2n) is 29.4. The molecule has 0 aliphatic carbocycles. The molecule has 15 aromatic rings. The van der Waals surface area contributed by atoms with Gasteiger partial charge in [-0.1, -0.05) is 41.5 Å². The molecule has 0 aliphatic heterocycles. The fraction of sp³-hybridized carbons (Fsp3) is 0.317. The van der Waals surface area contributed by atoms with E-state index < -0.39 is 0 Å². The zero-order chi connectivity index (χ0) is 80.7. The summed E-state index contributed by atoms with van der Waals surface area (Å²) >= 11 is 0. The number of benzene rings is 5. The maximum Gasteiger partial charge on any atom is 0.238 e. The van der Waals surface area contributed by atoms with Gasteiger partial charge in [-0.2, -0.15) is 10.1 Å². The van der Waals surface area contributed by atoms with Crippen molar-refractivity contribution in [1.29, 1.82) is 0 Å². The summed E-state index contributed by atoms with van der Waals surface area (Å²) in [5.74, 6) is 7.26. The van der Waals surface area contributed by atoms with Gasteiger partial charge < -0.3 is 61.8 Å². The van der Waals surface area contributed by atoms with Gasteiger partial charge in [0.15, 0.2) is 17.5 Å². The highest BCUT2D eigenvalue weighted by atomic mass is 15.3. The van der Waals surface area contributed by atoms with E-state index >= 15 is 0 Å². The molecule has 0 fully saturated rings. The van der Waals surface area contributed by atoms with Crippen molar-refractivity contribution in [3.63, 3.8) is 0 Å². The third-order valence-corrected chi connectivity index (χ3v) is 20.2. The standard InChI is InChI=1S/C19H26N6.2C18H25N7.C14H15N5.C13H13N5/c1-11(2)16(10-20)23-14-5-6-22-18(9-14)25-17-8-13(4)12(3)7-15(17)24-19(25)21;1-10(2)15(8-19)22-13-7-17(24-21-9-13)25-16-6-12(4)11(3)5-14(16)23-18(25)20;1-10(2)14(9-19)22-16-5-6-21-18(24-16)25-15-8-12(4)11(3)7-13(15)23-17(25)20;1-8-4-11-12(5-9(8)2)19(14(15)18-11)13-7-16-10(3)6-17-13;1-8-5-10-11(6-9(8)2)18(13(14)17-10)12-7-15-3-4-16-12/h5-9,11,16H,10,20H2,1-4H3,(H2,21,24)(H,22,23);5-7,9-10,15H,8,19H2,1-4H3,(H2,20,23)(H,22,24);5-8,10,14H,9,19H2,1-4H3,(H2,20,23)(H,21,22,24);4-7H,1-3H3,(H2,15,18);3-7H,1-2H3,(H2,14,17)/t16-;15-;14-;;/m111../s1. The van der Waals surface area contributed by atoms with Crippen molar-refractivity contribution in [1.82, 2.24) is 92.8 Å². The number of aromatic nitrogens is 19. The molecule has 0 aliphatic rings. The number of fused-ring (bicyclic) bond motifs is 5. The van der Waals surface area contributed by atoms with Gasteiger partial charge in [-0.25, -0.2) is 49.4 Å². The lowest BCUT2D eigenvalue weighted by molar-refractivity contribution is 0.530. The SMILES string of the molecule is Cc1cc2nc(N)n(-c3cc(N[C@H](CN)C(C)C)ccn3)c2cc1C.Cc1cc2nc(N)n(-c3cc(N[C@H](CN)C(C)C)cnn3)c2cc1C.Cc1cc2nc(N)n(-c3cnccn3)c2cc1C.Cc1cc2nc(N)n(-c3nccc(N[C@H](CN)C(C)C)n3)c2cc1C.Cc1cnc(-n2c(N)nc3cc(C)c(C)cc32)cn1. The summed E-state index contributed by atoms with van der Waals surface area (Å²) in [6.07, 6.45) is 13.6. The summed E-state index contributed by atoms with van der Waals surface area (Å²) in [4.78, 5) is 52.6. The quantitative estimate of drug-likeness (QED) is 0.0403. The lowest BCUT2D eigenvalue weighted by atomic mass is 10.0. The molecule has 0 spiro atoms. The van der Waals surface area contributed by atoms with E-state index in [-0.39, 0.29) is 18.1 Å². The summed E-state index contributed by atoms with van der Waals surface area (Å²) in [6.45, 7) is 37.1. The molecule has 112 heavy (non-hydrogen) atoms. The Morgan fingerprint density at radius 2 is 0.679 bits per heavy atom. The van der Waals surface area contributed by atoms with Gasteiger partial charge in [-0.15, -0.1) is 5.10 Å². The van der Waals surface area contributed by atoms with Crippen LogP contribution in [0.3, 0.4) is 0 Å². The van der Waals surface area contributed by atoms with Crippen molar-refractivity contribution in [3.8, 4) is 29.2 Å². The number of nitrogens with two attached hydrogens (primary N) is 8. The van der Waals surface area contributed by atoms with Crippen LogP contribution in [-0.4, -0.2) is 131 Å². The minimum Gasteiger partial charge on any atom is -0.381 e. The van der Waals surface area contributed by atoms with Gasteiger partial charge in [0.05, 0.1) is 91.3 Å². The average Bonchev–Trinajstić information content (AvgIpc) is 1.76. The molecule has 10 heterocycles. The Kier molecular flexibility index (Phi) is 24.6. The van der Waals surface area contributed by atoms with E-state index in [1.54, 1.807) is 54.1 Å². The highest BCUT2D eigenvalue weighted by molar-refractivity contribution is 5.86. The van der Waals surface area contributed by atoms with Crippen molar-refractivity contribution in [3.05, 3.63) is 196 Å². The zero-order valence-electron chi connectivity index (χ0n) is 66.9. The number of aryl methyl sites for hydroxylation is 11. The van der Waals surface area contributed by atoms with E-state index in [0.717, 1.165) is 83.9 Å². The first-order valence-corrected chi connectivity index (χ1v) is 37.3. The van der Waals surface area contributed by atoms with Gasteiger partial charge >= 0.3 is 0 Å². The van der Waals surface area contributed by atoms with Crippen LogP contribution in [0.15, 0.2) is 135 Å². The van der Waals surface area contributed by atoms with E-state index in [1.807, 2.05) is 73.7 Å². The topological polar surface area (TPSA) is 449 Å². The molecule has 0 amide bonds. The second-order valence-corrected chi connectivity index (χ2v) is 29.4. The zero-order valence-corrected chi connectivity index (χ0v) is 66.9. The monoisotopic (exact) mass is 1510 g/mol. The average molecular weight is 1510 g/mol. The van der Waals surface area contributed by atoms with Crippen LogP contribution < -0.4 is 61.8 Å². The predicted molar refractivity (Wildman–Crippen MR) is 454 cm³/mol. The van der Waals surface area contributed by atoms with Gasteiger partial charge in [0.1, 0.15) is 11.6 Å². The highest BCUT2D eigenvalue weighted by Gasteiger charge is 2.22. The lowest BCUT2D eigenvalue weighted by Gasteiger charge is -2.22. The van der Waals surface area contributed by atoms with E-state index in [2.05, 4.69) is 233 Å². The first-order valence-electron chi connectivity index (χ1n) is 37.3. The molecule has 30 nitrogen and oxygen atoms in total. The van der Waals surface area contributed by atoms with Crippen LogP contribution in [0.2, 0.25) is 0 Å². The van der Waals surface area contributed by atoms with Gasteiger partial charge in [-0.05, 0) is 222 Å². The largest absolute Gasteiger partial charge is 0.381 e. The molecule has 0 radical (unpaired) electrons. The molecule has 582 valence electrons. The number of anilines is 8. The summed E-state index contributed by atoms with van der Waals surface area (Å²) in [5.41, 5.74) is 71.7. The summed E-state index contributed by atoms with van der Waals surface area (Å²) in [7, 11) is 0. The van der Waals surface area contributed by atoms with Gasteiger partial charge in [0, 0.05) is 80.4 Å². The molecule has 10 aromatic heterocycles. The molecule has 0 saturated heterocycles. The molecule has 0 unspecified atom stereocenters. The number of nitrogens with one attached hydrogen (secondary N) is 3. The van der Waals surface area contributed by atoms with Crippen LogP contribution in [0.25, 0.3) is 84.4 Å². The first kappa shape index (κ1) is 80.2. The third-order valence-electron chi connectivity index (χ3n) is 20.2. The molecule has 0 bridgehead atoms. The van der Waals surface area contributed by atoms with Crippen molar-refractivity contribution >= 4 is 102 Å². The molecule has 0 saturated carbocycles. The van der Waals surface area contributed by atoms with E-state index in [9.17, 15) is 0 Å². The second kappa shape index (κ2) is 34.4. The molecule has 5 aromatic carbocycles. The summed E-state index contributed by atoms with van der Waals surface area (Å²) < 4.78 is 9.13. The van der Waals surface area contributed by atoms with Crippen LogP contribution in [0.4, 0.5) is 46.9 Å². The van der Waals surface area contributed by atoms with Crippen LogP contribution >= 0.6 is 0 Å². The fourth-order valence-corrected chi connectivity index (χ4v) is 12.7. The first-order chi connectivity index (χ1) is 53.4. The number of nitrogen functional groups attached to an aromatic ring is 5. The minimum atomic E-state index is 0.143. The maximum atomic E-state index is 6.18. The molecule has 3 atom stereocenters. The van der Waals surface area contributed by atoms with Crippen molar-refractivity contribution in [2.24, 2.45) is 35.0 Å². The van der Waals surface area contributed by atoms with Crippen LogP contribution in [0.5, 0.6) is 0 Å². The Morgan fingerprint density at radius 1 is 0.321 bits per heavy atom. The van der Waals surface area contributed by atoms with Crippen molar-refractivity contribution < 1.29 is 0 Å². The van der Waals surface area contributed by atoms with Crippen LogP contribution in [0.1, 0.15) is 103 Å².